The fourth-order valence-corrected chi connectivity index (χ4v) is 1.68. The lowest BCUT2D eigenvalue weighted by molar-refractivity contribution is -0.142. The molecular weight excluding hydrogens is 156 g/mol. The molecule has 1 fully saturated rings. The molecule has 0 aromatic carbocycles. The topological polar surface area (TPSA) is 84.9 Å². The van der Waals surface area contributed by atoms with Crippen LogP contribution in [0.1, 0.15) is 13.8 Å². The van der Waals surface area contributed by atoms with Crippen molar-refractivity contribution in [2.24, 2.45) is 16.7 Å². The van der Waals surface area contributed by atoms with Gasteiger partial charge in [0, 0.05) is 5.41 Å². The standard InChI is InChI=1S/C8H8N2O2/c1-7(2)5(3-9)8(7,4-10)6(11)12/h5H,1-2H3,(H,11,12)/t5-,8+/m0/s1. The third-order valence-electron chi connectivity index (χ3n) is 2.73. The van der Waals surface area contributed by atoms with Gasteiger partial charge in [-0.3, -0.25) is 4.79 Å². The Labute approximate surface area is 70.0 Å². The van der Waals surface area contributed by atoms with E-state index >= 15 is 0 Å². The number of hydrogen-bond acceptors (Lipinski definition) is 3. The van der Waals surface area contributed by atoms with Gasteiger partial charge in [0.05, 0.1) is 18.1 Å². The first-order valence-corrected chi connectivity index (χ1v) is 3.49. The van der Waals surface area contributed by atoms with Gasteiger partial charge in [-0.05, 0) is 0 Å². The molecule has 0 heterocycles. The minimum absolute atomic E-state index is 0.688. The van der Waals surface area contributed by atoms with E-state index in [0.29, 0.717) is 0 Å². The summed E-state index contributed by atoms with van der Waals surface area (Å²) in [6.07, 6.45) is 0. The SMILES string of the molecule is CC1(C)[C@H](C#N)[C@]1(C#N)C(=O)O. The molecule has 62 valence electrons. The van der Waals surface area contributed by atoms with E-state index in [9.17, 15) is 4.79 Å². The van der Waals surface area contributed by atoms with Crippen molar-refractivity contribution in [1.82, 2.24) is 0 Å². The van der Waals surface area contributed by atoms with Gasteiger partial charge in [0.1, 0.15) is 0 Å². The summed E-state index contributed by atoms with van der Waals surface area (Å²) < 4.78 is 0. The maximum absolute atomic E-state index is 10.7. The second kappa shape index (κ2) is 1.98. The summed E-state index contributed by atoms with van der Waals surface area (Å²) in [6, 6.07) is 3.57. The first-order valence-electron chi connectivity index (χ1n) is 3.49. The quantitative estimate of drug-likeness (QED) is 0.620. The molecule has 2 atom stereocenters. The van der Waals surface area contributed by atoms with E-state index < -0.39 is 22.7 Å². The predicted molar refractivity (Wildman–Crippen MR) is 38.6 cm³/mol. The molecule has 0 unspecified atom stereocenters. The van der Waals surface area contributed by atoms with E-state index in [1.54, 1.807) is 19.9 Å². The van der Waals surface area contributed by atoms with Crippen molar-refractivity contribution >= 4 is 5.97 Å². The maximum atomic E-state index is 10.7. The Morgan fingerprint density at radius 2 is 2.00 bits per heavy atom. The van der Waals surface area contributed by atoms with Crippen LogP contribution in [-0.2, 0) is 4.79 Å². The zero-order valence-corrected chi connectivity index (χ0v) is 6.83. The lowest BCUT2D eigenvalue weighted by Crippen LogP contribution is -2.19. The largest absolute Gasteiger partial charge is 0.480 e. The number of carboxylic acids is 1. The zero-order valence-electron chi connectivity index (χ0n) is 6.83. The molecule has 1 saturated carbocycles. The summed E-state index contributed by atoms with van der Waals surface area (Å²) in [4.78, 5) is 10.7. The number of aliphatic carboxylic acids is 1. The van der Waals surface area contributed by atoms with Crippen LogP contribution in [-0.4, -0.2) is 11.1 Å². The Balaban J connectivity index is 3.15. The van der Waals surface area contributed by atoms with E-state index in [-0.39, 0.29) is 0 Å². The molecule has 0 amide bonds. The van der Waals surface area contributed by atoms with E-state index in [2.05, 4.69) is 0 Å². The molecule has 0 aromatic rings. The predicted octanol–water partition coefficient (Wildman–Crippen LogP) is 0.761. The molecule has 1 N–H and O–H groups in total. The highest BCUT2D eigenvalue weighted by Crippen LogP contribution is 2.68. The molecule has 1 rings (SSSR count). The van der Waals surface area contributed by atoms with Crippen LogP contribution in [0.3, 0.4) is 0 Å². The third kappa shape index (κ3) is 0.579. The number of carbonyl (C=O) groups is 1. The molecular formula is C8H8N2O2. The Kier molecular flexibility index (Phi) is 1.41. The molecule has 0 spiro atoms. The minimum atomic E-state index is -1.48. The molecule has 1 aliphatic carbocycles. The molecule has 0 bridgehead atoms. The molecule has 4 nitrogen and oxygen atoms in total. The van der Waals surface area contributed by atoms with Crippen LogP contribution in [0.5, 0.6) is 0 Å². The normalized spacial score (nSPS) is 36.2. The molecule has 12 heavy (non-hydrogen) atoms. The highest BCUT2D eigenvalue weighted by molar-refractivity contribution is 5.85. The van der Waals surface area contributed by atoms with Gasteiger partial charge < -0.3 is 5.11 Å². The van der Waals surface area contributed by atoms with Gasteiger partial charge in [-0.15, -0.1) is 0 Å². The first-order chi connectivity index (χ1) is 5.45. The highest BCUT2D eigenvalue weighted by atomic mass is 16.4. The monoisotopic (exact) mass is 164 g/mol. The highest BCUT2D eigenvalue weighted by Gasteiger charge is 2.78. The summed E-state index contributed by atoms with van der Waals surface area (Å²) in [5, 5.41) is 26.0. The average Bonchev–Trinajstić information content (AvgIpc) is 2.47. The molecule has 0 radical (unpaired) electrons. The fourth-order valence-electron chi connectivity index (χ4n) is 1.68. The van der Waals surface area contributed by atoms with Crippen molar-refractivity contribution < 1.29 is 9.90 Å². The van der Waals surface area contributed by atoms with E-state index in [1.165, 1.54) is 0 Å². The van der Waals surface area contributed by atoms with E-state index in [0.717, 1.165) is 0 Å². The molecule has 0 aliphatic heterocycles. The summed E-state index contributed by atoms with van der Waals surface area (Å²) in [5.74, 6) is -1.88. The third-order valence-corrected chi connectivity index (χ3v) is 2.73. The van der Waals surface area contributed by atoms with Crippen molar-refractivity contribution in [3.05, 3.63) is 0 Å². The summed E-state index contributed by atoms with van der Waals surface area (Å²) >= 11 is 0. The molecule has 0 saturated heterocycles. The summed E-state index contributed by atoms with van der Waals surface area (Å²) in [5.41, 5.74) is -2.20. The fraction of sp³-hybridized carbons (Fsp3) is 0.625. The second-order valence-corrected chi connectivity index (χ2v) is 3.51. The van der Waals surface area contributed by atoms with Crippen LogP contribution in [0.25, 0.3) is 0 Å². The first kappa shape index (κ1) is 8.55. The smallest absolute Gasteiger partial charge is 0.326 e. The number of nitrogens with zero attached hydrogens (tertiary/aromatic N) is 2. The van der Waals surface area contributed by atoms with Gasteiger partial charge in [-0.25, -0.2) is 0 Å². The van der Waals surface area contributed by atoms with Gasteiger partial charge in [0.2, 0.25) is 0 Å². The van der Waals surface area contributed by atoms with Crippen molar-refractivity contribution in [3.8, 4) is 12.1 Å². The van der Waals surface area contributed by atoms with Crippen LogP contribution >= 0.6 is 0 Å². The van der Waals surface area contributed by atoms with Gasteiger partial charge >= 0.3 is 5.97 Å². The Morgan fingerprint density at radius 1 is 1.50 bits per heavy atom. The van der Waals surface area contributed by atoms with Gasteiger partial charge in [0.25, 0.3) is 0 Å². The molecule has 4 heteroatoms. The van der Waals surface area contributed by atoms with E-state index in [1.807, 2.05) is 6.07 Å². The van der Waals surface area contributed by atoms with Crippen LogP contribution in [0, 0.1) is 39.4 Å². The van der Waals surface area contributed by atoms with Crippen LogP contribution < -0.4 is 0 Å². The lowest BCUT2D eigenvalue weighted by atomic mass is 9.98. The van der Waals surface area contributed by atoms with E-state index in [4.69, 9.17) is 15.6 Å². The molecule has 1 aliphatic rings. The van der Waals surface area contributed by atoms with Crippen LogP contribution in [0.4, 0.5) is 0 Å². The number of hydrogen-bond donors (Lipinski definition) is 1. The summed E-state index contributed by atoms with van der Waals surface area (Å²) in [7, 11) is 0. The van der Waals surface area contributed by atoms with Gasteiger partial charge in [-0.2, -0.15) is 10.5 Å². The van der Waals surface area contributed by atoms with Crippen molar-refractivity contribution in [3.63, 3.8) is 0 Å². The average molecular weight is 164 g/mol. The van der Waals surface area contributed by atoms with Crippen molar-refractivity contribution in [2.45, 2.75) is 13.8 Å². The van der Waals surface area contributed by atoms with Crippen molar-refractivity contribution in [2.75, 3.05) is 0 Å². The number of rotatable bonds is 1. The van der Waals surface area contributed by atoms with Crippen LogP contribution in [0.15, 0.2) is 0 Å². The zero-order chi connectivity index (χ0) is 9.57. The van der Waals surface area contributed by atoms with Crippen molar-refractivity contribution in [1.29, 1.82) is 10.5 Å². The van der Waals surface area contributed by atoms with Crippen LogP contribution in [0.2, 0.25) is 0 Å². The summed E-state index contributed by atoms with van der Waals surface area (Å²) in [6.45, 7) is 3.25. The lowest BCUT2D eigenvalue weighted by Gasteiger charge is -2.02. The number of carboxylic acid groups (broad SMARTS) is 1. The molecule has 0 aromatic heterocycles. The Bertz CT molecular complexity index is 321. The van der Waals surface area contributed by atoms with Gasteiger partial charge in [0.15, 0.2) is 5.41 Å². The minimum Gasteiger partial charge on any atom is -0.480 e. The maximum Gasteiger partial charge on any atom is 0.326 e. The number of nitriles is 2. The Morgan fingerprint density at radius 3 is 2.08 bits per heavy atom. The Hall–Kier alpha value is -1.55. The second-order valence-electron chi connectivity index (χ2n) is 3.51. The van der Waals surface area contributed by atoms with Gasteiger partial charge in [-0.1, -0.05) is 13.8 Å².